The third-order valence-corrected chi connectivity index (χ3v) is 4.10. The van der Waals surface area contributed by atoms with E-state index in [0.717, 1.165) is 26.2 Å². The predicted octanol–water partition coefficient (Wildman–Crippen LogP) is 1.92. The first-order valence-corrected chi connectivity index (χ1v) is 9.61. The highest BCUT2D eigenvalue weighted by atomic mass is 16.5. The van der Waals surface area contributed by atoms with E-state index < -0.39 is 0 Å². The van der Waals surface area contributed by atoms with E-state index in [-0.39, 0.29) is 12.1 Å². The zero-order chi connectivity index (χ0) is 19.9. The molecule has 0 amide bonds. The molecule has 1 aliphatic rings. The maximum Gasteiger partial charge on any atom is 0.330 e. The maximum atomic E-state index is 5.77. The Balaban J connectivity index is 1.84. The second kappa shape index (κ2) is 9.45. The van der Waals surface area contributed by atoms with Crippen molar-refractivity contribution in [3.05, 3.63) is 12.1 Å². The van der Waals surface area contributed by atoms with Crippen LogP contribution in [-0.4, -0.2) is 70.6 Å². The lowest BCUT2D eigenvalue weighted by Gasteiger charge is -2.28. The Bertz CT molecular complexity index is 747. The molecule has 0 radical (unpaired) electrons. The average Bonchev–Trinajstić information content (AvgIpc) is 2.71. The minimum absolute atomic E-state index is 0.0253. The second-order valence-electron chi connectivity index (χ2n) is 6.47. The van der Waals surface area contributed by atoms with E-state index in [1.807, 2.05) is 18.7 Å². The molecule has 0 bridgehead atoms. The van der Waals surface area contributed by atoms with Gasteiger partial charge in [0.1, 0.15) is 0 Å². The number of rotatable bonds is 8. The van der Waals surface area contributed by atoms with Crippen LogP contribution in [0, 0.1) is 0 Å². The van der Waals surface area contributed by atoms with Crippen LogP contribution in [0.5, 0.6) is 17.8 Å². The molecule has 0 saturated carbocycles. The zero-order valence-corrected chi connectivity index (χ0v) is 16.8. The largest absolute Gasteiger partial charge is 0.474 e. The summed E-state index contributed by atoms with van der Waals surface area (Å²) in [7, 11) is 0. The van der Waals surface area contributed by atoms with Gasteiger partial charge in [0.05, 0.1) is 19.3 Å². The number of aromatic nitrogens is 5. The van der Waals surface area contributed by atoms with E-state index in [2.05, 4.69) is 43.9 Å². The van der Waals surface area contributed by atoms with Crippen molar-refractivity contribution in [3.8, 4) is 17.8 Å². The van der Waals surface area contributed by atoms with Gasteiger partial charge in [-0.2, -0.15) is 15.0 Å². The summed E-state index contributed by atoms with van der Waals surface area (Å²) in [6.07, 6.45) is 0.0253. The van der Waals surface area contributed by atoms with E-state index in [0.29, 0.717) is 36.9 Å². The lowest BCUT2D eigenvalue weighted by Crippen LogP contribution is -2.38. The molecular weight excluding hydrogens is 362 g/mol. The summed E-state index contributed by atoms with van der Waals surface area (Å²) in [4.78, 5) is 17.7. The van der Waals surface area contributed by atoms with Gasteiger partial charge < -0.3 is 24.0 Å². The Kier molecular flexibility index (Phi) is 6.75. The van der Waals surface area contributed by atoms with Crippen LogP contribution >= 0.6 is 0 Å². The van der Waals surface area contributed by atoms with Crippen molar-refractivity contribution in [1.82, 2.24) is 25.1 Å². The van der Waals surface area contributed by atoms with Gasteiger partial charge in [0.15, 0.2) is 0 Å². The molecule has 10 heteroatoms. The highest BCUT2D eigenvalue weighted by Gasteiger charge is 2.19. The molecule has 0 spiro atoms. The SMILES string of the molecule is CCN(CC)c1nc(Oc2ccc(OC(C)C)nn2)nc(N2CCOCC2)n1. The Morgan fingerprint density at radius 2 is 1.71 bits per heavy atom. The molecule has 3 heterocycles. The van der Waals surface area contributed by atoms with E-state index in [1.54, 1.807) is 12.1 Å². The summed E-state index contributed by atoms with van der Waals surface area (Å²) in [5.41, 5.74) is 0. The van der Waals surface area contributed by atoms with Gasteiger partial charge in [0, 0.05) is 38.3 Å². The Morgan fingerprint density at radius 3 is 2.32 bits per heavy atom. The van der Waals surface area contributed by atoms with Crippen molar-refractivity contribution >= 4 is 11.9 Å². The second-order valence-corrected chi connectivity index (χ2v) is 6.47. The number of morpholine rings is 1. The van der Waals surface area contributed by atoms with Crippen LogP contribution < -0.4 is 19.3 Å². The minimum atomic E-state index is 0.0253. The van der Waals surface area contributed by atoms with E-state index >= 15 is 0 Å². The smallest absolute Gasteiger partial charge is 0.330 e. The van der Waals surface area contributed by atoms with Gasteiger partial charge >= 0.3 is 6.01 Å². The number of hydrogen-bond donors (Lipinski definition) is 0. The first-order valence-electron chi connectivity index (χ1n) is 9.61. The average molecular weight is 389 g/mol. The molecule has 1 fully saturated rings. The molecule has 2 aromatic rings. The van der Waals surface area contributed by atoms with Crippen LogP contribution in [0.15, 0.2) is 12.1 Å². The summed E-state index contributed by atoms with van der Waals surface area (Å²) in [5.74, 6) is 1.88. The zero-order valence-electron chi connectivity index (χ0n) is 16.8. The molecule has 2 aromatic heterocycles. The lowest BCUT2D eigenvalue weighted by molar-refractivity contribution is 0.122. The first kappa shape index (κ1) is 20.0. The fraction of sp³-hybridized carbons (Fsp3) is 0.611. The molecule has 0 N–H and O–H groups in total. The number of hydrogen-bond acceptors (Lipinski definition) is 10. The maximum absolute atomic E-state index is 5.77. The van der Waals surface area contributed by atoms with E-state index in [1.165, 1.54) is 0 Å². The van der Waals surface area contributed by atoms with Crippen molar-refractivity contribution in [3.63, 3.8) is 0 Å². The van der Waals surface area contributed by atoms with Crippen molar-refractivity contribution < 1.29 is 14.2 Å². The van der Waals surface area contributed by atoms with Gasteiger partial charge in [-0.1, -0.05) is 0 Å². The minimum Gasteiger partial charge on any atom is -0.474 e. The molecular formula is C18H27N7O3. The highest BCUT2D eigenvalue weighted by molar-refractivity contribution is 5.41. The van der Waals surface area contributed by atoms with Crippen molar-refractivity contribution in [2.75, 3.05) is 49.2 Å². The van der Waals surface area contributed by atoms with E-state index in [9.17, 15) is 0 Å². The molecule has 0 aliphatic carbocycles. The van der Waals surface area contributed by atoms with Gasteiger partial charge in [-0.15, -0.1) is 10.2 Å². The quantitative estimate of drug-likeness (QED) is 0.666. The molecule has 1 saturated heterocycles. The number of anilines is 2. The van der Waals surface area contributed by atoms with Crippen molar-refractivity contribution in [2.24, 2.45) is 0 Å². The fourth-order valence-electron chi connectivity index (χ4n) is 2.69. The molecule has 0 unspecified atom stereocenters. The molecule has 0 aromatic carbocycles. The standard InChI is InChI=1S/C18H27N7O3/c1-5-24(6-2)16-19-17(25-9-11-26-12-10-25)21-18(20-16)28-15-8-7-14(22-23-15)27-13(3)4/h7-8,13H,5-6,9-12H2,1-4H3. The van der Waals surface area contributed by atoms with Gasteiger partial charge in [0.25, 0.3) is 0 Å². The van der Waals surface area contributed by atoms with Crippen LogP contribution in [-0.2, 0) is 4.74 Å². The highest BCUT2D eigenvalue weighted by Crippen LogP contribution is 2.22. The van der Waals surface area contributed by atoms with Crippen LogP contribution in [0.3, 0.4) is 0 Å². The predicted molar refractivity (Wildman–Crippen MR) is 104 cm³/mol. The fourth-order valence-corrected chi connectivity index (χ4v) is 2.69. The Morgan fingerprint density at radius 1 is 1.04 bits per heavy atom. The summed E-state index contributed by atoms with van der Waals surface area (Å²) in [6.45, 7) is 12.3. The lowest BCUT2D eigenvalue weighted by atomic mass is 10.4. The van der Waals surface area contributed by atoms with Gasteiger partial charge in [0.2, 0.25) is 23.7 Å². The van der Waals surface area contributed by atoms with Crippen LogP contribution in [0.25, 0.3) is 0 Å². The van der Waals surface area contributed by atoms with E-state index in [4.69, 9.17) is 14.2 Å². The molecule has 1 aliphatic heterocycles. The summed E-state index contributed by atoms with van der Waals surface area (Å²) < 4.78 is 16.7. The molecule has 10 nitrogen and oxygen atoms in total. The molecule has 0 atom stereocenters. The van der Waals surface area contributed by atoms with Crippen LogP contribution in [0.1, 0.15) is 27.7 Å². The van der Waals surface area contributed by atoms with Crippen LogP contribution in [0.2, 0.25) is 0 Å². The summed E-state index contributed by atoms with van der Waals surface area (Å²) >= 11 is 0. The Labute approximate surface area is 164 Å². The number of nitrogens with zero attached hydrogens (tertiary/aromatic N) is 7. The van der Waals surface area contributed by atoms with Gasteiger partial charge in [-0.05, 0) is 27.7 Å². The topological polar surface area (TPSA) is 98.6 Å². The van der Waals surface area contributed by atoms with Crippen molar-refractivity contribution in [1.29, 1.82) is 0 Å². The third-order valence-electron chi connectivity index (χ3n) is 4.10. The van der Waals surface area contributed by atoms with Crippen LogP contribution in [0.4, 0.5) is 11.9 Å². The monoisotopic (exact) mass is 389 g/mol. The Hall–Kier alpha value is -2.75. The van der Waals surface area contributed by atoms with Gasteiger partial charge in [-0.3, -0.25) is 0 Å². The summed E-state index contributed by atoms with van der Waals surface area (Å²) in [6, 6.07) is 3.57. The first-order chi connectivity index (χ1) is 13.6. The molecule has 28 heavy (non-hydrogen) atoms. The molecule has 152 valence electrons. The van der Waals surface area contributed by atoms with Crippen molar-refractivity contribution in [2.45, 2.75) is 33.8 Å². The molecule has 3 rings (SSSR count). The third kappa shape index (κ3) is 5.16. The number of ether oxygens (including phenoxy) is 3. The normalized spacial score (nSPS) is 14.2. The summed E-state index contributed by atoms with van der Waals surface area (Å²) in [5, 5.41) is 8.05. The van der Waals surface area contributed by atoms with Gasteiger partial charge in [-0.25, -0.2) is 0 Å².